The van der Waals surface area contributed by atoms with Crippen molar-refractivity contribution in [3.8, 4) is 0 Å². The molecule has 0 saturated heterocycles. The van der Waals surface area contributed by atoms with Crippen LogP contribution in [0.1, 0.15) is 22.4 Å². The molecule has 0 aliphatic heterocycles. The Labute approximate surface area is 119 Å². The molecule has 0 atom stereocenters. The molecule has 0 bridgehead atoms. The summed E-state index contributed by atoms with van der Waals surface area (Å²) in [6, 6.07) is -0.400. The molecule has 0 aromatic carbocycles. The Morgan fingerprint density at radius 3 is 2.65 bits per heavy atom. The molecule has 0 saturated carbocycles. The molecule has 3 amide bonds. The topological polar surface area (TPSA) is 112 Å². The van der Waals surface area contributed by atoms with E-state index in [1.165, 1.54) is 17.3 Å². The van der Waals surface area contributed by atoms with Gasteiger partial charge in [-0.25, -0.2) is 14.6 Å². The number of carboxylic acid groups (broad SMARTS) is 1. The SMILES string of the molecule is CCN(CC(=O)NC)C(=O)NCc1nc(C(=O)O)cs1. The van der Waals surface area contributed by atoms with Gasteiger partial charge in [0.25, 0.3) is 0 Å². The predicted octanol–water partition coefficient (Wildman–Crippen LogP) is 0.119. The van der Waals surface area contributed by atoms with Crippen LogP contribution in [0, 0.1) is 0 Å². The van der Waals surface area contributed by atoms with Crippen molar-refractivity contribution in [2.45, 2.75) is 13.5 Å². The molecule has 20 heavy (non-hydrogen) atoms. The van der Waals surface area contributed by atoms with Gasteiger partial charge in [0.1, 0.15) is 11.6 Å². The van der Waals surface area contributed by atoms with Crippen LogP contribution in [-0.4, -0.2) is 53.0 Å². The minimum atomic E-state index is -1.10. The number of urea groups is 1. The van der Waals surface area contributed by atoms with Crippen LogP contribution in [0.2, 0.25) is 0 Å². The van der Waals surface area contributed by atoms with Gasteiger partial charge in [0.15, 0.2) is 5.69 Å². The molecule has 1 aromatic heterocycles. The van der Waals surface area contributed by atoms with Gasteiger partial charge in [-0.1, -0.05) is 0 Å². The van der Waals surface area contributed by atoms with E-state index < -0.39 is 12.0 Å². The summed E-state index contributed by atoms with van der Waals surface area (Å²) >= 11 is 1.15. The van der Waals surface area contributed by atoms with Crippen molar-refractivity contribution in [1.29, 1.82) is 0 Å². The lowest BCUT2D eigenvalue weighted by Gasteiger charge is -2.19. The fourth-order valence-corrected chi connectivity index (χ4v) is 2.04. The van der Waals surface area contributed by atoms with E-state index >= 15 is 0 Å². The fraction of sp³-hybridized carbons (Fsp3) is 0.455. The molecule has 8 nitrogen and oxygen atoms in total. The number of hydrogen-bond acceptors (Lipinski definition) is 5. The summed E-state index contributed by atoms with van der Waals surface area (Å²) in [4.78, 5) is 38.9. The first-order chi connectivity index (χ1) is 9.47. The highest BCUT2D eigenvalue weighted by Gasteiger charge is 2.15. The molecule has 3 N–H and O–H groups in total. The van der Waals surface area contributed by atoms with Crippen LogP contribution in [0.5, 0.6) is 0 Å². The number of hydrogen-bond donors (Lipinski definition) is 3. The second kappa shape index (κ2) is 7.43. The first-order valence-corrected chi connectivity index (χ1v) is 6.77. The van der Waals surface area contributed by atoms with Gasteiger partial charge in [-0.15, -0.1) is 11.3 Å². The zero-order valence-electron chi connectivity index (χ0n) is 11.2. The van der Waals surface area contributed by atoms with Crippen LogP contribution in [0.25, 0.3) is 0 Å². The average molecular weight is 300 g/mol. The Kier molecular flexibility index (Phi) is 5.91. The summed E-state index contributed by atoms with van der Waals surface area (Å²) in [7, 11) is 1.50. The number of amides is 3. The summed E-state index contributed by atoms with van der Waals surface area (Å²) in [6.45, 7) is 2.24. The summed E-state index contributed by atoms with van der Waals surface area (Å²) in [5.74, 6) is -1.36. The standard InChI is InChI=1S/C11H16N4O4S/c1-3-15(5-8(16)12-2)11(19)13-4-9-14-7(6-20-9)10(17)18/h6H,3-5H2,1-2H3,(H,12,16)(H,13,19)(H,17,18). The Morgan fingerprint density at radius 1 is 1.45 bits per heavy atom. The van der Waals surface area contributed by atoms with Crippen LogP contribution in [0.4, 0.5) is 4.79 Å². The molecule has 0 spiro atoms. The van der Waals surface area contributed by atoms with E-state index in [0.717, 1.165) is 11.3 Å². The highest BCUT2D eigenvalue weighted by atomic mass is 32.1. The number of carbonyl (C=O) groups is 3. The van der Waals surface area contributed by atoms with Crippen LogP contribution in [0.15, 0.2) is 5.38 Å². The molecular weight excluding hydrogens is 284 g/mol. The van der Waals surface area contributed by atoms with Gasteiger partial charge in [-0.3, -0.25) is 4.79 Å². The molecule has 110 valence electrons. The summed E-state index contributed by atoms with van der Waals surface area (Å²) in [5, 5.41) is 15.7. The molecule has 1 rings (SSSR count). The van der Waals surface area contributed by atoms with E-state index in [2.05, 4.69) is 15.6 Å². The van der Waals surface area contributed by atoms with E-state index in [-0.39, 0.29) is 24.7 Å². The Balaban J connectivity index is 2.51. The third-order valence-electron chi connectivity index (χ3n) is 2.44. The summed E-state index contributed by atoms with van der Waals surface area (Å²) in [5.41, 5.74) is -0.0445. The molecule has 0 fully saturated rings. The minimum absolute atomic E-state index is 0.0307. The Bertz CT molecular complexity index is 502. The molecule has 1 aromatic rings. The van der Waals surface area contributed by atoms with Crippen molar-refractivity contribution >= 4 is 29.2 Å². The number of carbonyl (C=O) groups excluding carboxylic acids is 2. The van der Waals surface area contributed by atoms with Crippen molar-refractivity contribution in [3.63, 3.8) is 0 Å². The quantitative estimate of drug-likeness (QED) is 0.691. The highest BCUT2D eigenvalue weighted by molar-refractivity contribution is 7.09. The molecule has 1 heterocycles. The number of nitrogens with zero attached hydrogens (tertiary/aromatic N) is 2. The lowest BCUT2D eigenvalue weighted by Crippen LogP contribution is -2.44. The van der Waals surface area contributed by atoms with Crippen LogP contribution >= 0.6 is 11.3 Å². The van der Waals surface area contributed by atoms with E-state index in [9.17, 15) is 14.4 Å². The second-order valence-electron chi connectivity index (χ2n) is 3.78. The van der Waals surface area contributed by atoms with Gasteiger partial charge >= 0.3 is 12.0 Å². The first kappa shape index (κ1) is 15.9. The van der Waals surface area contributed by atoms with Crippen molar-refractivity contribution in [3.05, 3.63) is 16.1 Å². The zero-order valence-corrected chi connectivity index (χ0v) is 12.0. The van der Waals surface area contributed by atoms with Crippen molar-refractivity contribution in [1.82, 2.24) is 20.5 Å². The maximum Gasteiger partial charge on any atom is 0.355 e. The number of rotatable bonds is 6. The van der Waals surface area contributed by atoms with Gasteiger partial charge in [0.05, 0.1) is 6.54 Å². The number of likely N-dealkylation sites (N-methyl/N-ethyl adjacent to an activating group) is 2. The maximum absolute atomic E-state index is 11.8. The van der Waals surface area contributed by atoms with Crippen molar-refractivity contribution in [2.24, 2.45) is 0 Å². The average Bonchev–Trinajstić information content (AvgIpc) is 2.90. The monoisotopic (exact) mass is 300 g/mol. The van der Waals surface area contributed by atoms with E-state index in [1.807, 2.05) is 0 Å². The van der Waals surface area contributed by atoms with E-state index in [0.29, 0.717) is 11.6 Å². The largest absolute Gasteiger partial charge is 0.476 e. The normalized spacial score (nSPS) is 9.90. The third kappa shape index (κ3) is 4.50. The predicted molar refractivity (Wildman–Crippen MR) is 72.6 cm³/mol. The van der Waals surface area contributed by atoms with Crippen LogP contribution in [0.3, 0.4) is 0 Å². The van der Waals surface area contributed by atoms with Gasteiger partial charge in [0.2, 0.25) is 5.91 Å². The zero-order chi connectivity index (χ0) is 15.1. The molecule has 0 radical (unpaired) electrons. The lowest BCUT2D eigenvalue weighted by atomic mass is 10.4. The van der Waals surface area contributed by atoms with Gasteiger partial charge in [0, 0.05) is 19.0 Å². The maximum atomic E-state index is 11.8. The number of aromatic nitrogens is 1. The number of thiazole rings is 1. The first-order valence-electron chi connectivity index (χ1n) is 5.89. The van der Waals surface area contributed by atoms with Gasteiger partial charge < -0.3 is 20.6 Å². The molecule has 0 unspecified atom stereocenters. The third-order valence-corrected chi connectivity index (χ3v) is 3.29. The Morgan fingerprint density at radius 2 is 2.15 bits per heavy atom. The van der Waals surface area contributed by atoms with Crippen LogP contribution in [-0.2, 0) is 11.3 Å². The summed E-state index contributed by atoms with van der Waals surface area (Å²) in [6.07, 6.45) is 0. The Hall–Kier alpha value is -2.16. The summed E-state index contributed by atoms with van der Waals surface area (Å²) < 4.78 is 0. The smallest absolute Gasteiger partial charge is 0.355 e. The van der Waals surface area contributed by atoms with Crippen LogP contribution < -0.4 is 10.6 Å². The highest BCUT2D eigenvalue weighted by Crippen LogP contribution is 2.09. The number of aromatic carboxylic acids is 1. The van der Waals surface area contributed by atoms with E-state index in [4.69, 9.17) is 5.11 Å². The van der Waals surface area contributed by atoms with Gasteiger partial charge in [-0.05, 0) is 6.92 Å². The number of carboxylic acids is 1. The molecular formula is C11H16N4O4S. The van der Waals surface area contributed by atoms with Crippen molar-refractivity contribution in [2.75, 3.05) is 20.1 Å². The molecule has 0 aliphatic rings. The fourth-order valence-electron chi connectivity index (χ4n) is 1.33. The lowest BCUT2D eigenvalue weighted by molar-refractivity contribution is -0.121. The van der Waals surface area contributed by atoms with Crippen molar-refractivity contribution < 1.29 is 19.5 Å². The minimum Gasteiger partial charge on any atom is -0.476 e. The number of nitrogens with one attached hydrogen (secondary N) is 2. The molecule has 9 heteroatoms. The molecule has 0 aliphatic carbocycles. The van der Waals surface area contributed by atoms with E-state index in [1.54, 1.807) is 6.92 Å². The van der Waals surface area contributed by atoms with Gasteiger partial charge in [-0.2, -0.15) is 0 Å². The second-order valence-corrected chi connectivity index (χ2v) is 4.72.